The van der Waals surface area contributed by atoms with Gasteiger partial charge in [-0.1, -0.05) is 24.3 Å². The van der Waals surface area contributed by atoms with Crippen molar-refractivity contribution in [3.8, 4) is 0 Å². The molecule has 1 heterocycles. The maximum absolute atomic E-state index is 9.60. The van der Waals surface area contributed by atoms with Gasteiger partial charge in [-0.15, -0.1) is 0 Å². The summed E-state index contributed by atoms with van der Waals surface area (Å²) in [5.74, 6) is 0. The largest absolute Gasteiger partial charge is 0.389 e. The van der Waals surface area contributed by atoms with Gasteiger partial charge >= 0.3 is 0 Å². The summed E-state index contributed by atoms with van der Waals surface area (Å²) < 4.78 is 0. The van der Waals surface area contributed by atoms with Crippen LogP contribution in [0.5, 0.6) is 0 Å². The molecule has 1 unspecified atom stereocenters. The molecule has 0 radical (unpaired) electrons. The second kappa shape index (κ2) is 5.17. The highest BCUT2D eigenvalue weighted by atomic mass is 16.3. The Morgan fingerprint density at radius 3 is 2.25 bits per heavy atom. The van der Waals surface area contributed by atoms with Gasteiger partial charge in [0.05, 0.1) is 17.5 Å². The zero-order valence-electron chi connectivity index (χ0n) is 12.0. The summed E-state index contributed by atoms with van der Waals surface area (Å²) >= 11 is 0. The summed E-state index contributed by atoms with van der Waals surface area (Å²) in [7, 11) is 2.13. The molecule has 1 aliphatic heterocycles. The summed E-state index contributed by atoms with van der Waals surface area (Å²) in [4.78, 5) is 4.62. The third kappa shape index (κ3) is 2.25. The van der Waals surface area contributed by atoms with Crippen LogP contribution < -0.4 is 9.80 Å². The summed E-state index contributed by atoms with van der Waals surface area (Å²) in [5, 5.41) is 9.60. The van der Waals surface area contributed by atoms with Gasteiger partial charge in [-0.05, 0) is 36.8 Å². The maximum Gasteiger partial charge on any atom is 0.0761 e. The van der Waals surface area contributed by atoms with Crippen molar-refractivity contribution < 1.29 is 5.11 Å². The molecule has 0 amide bonds. The van der Waals surface area contributed by atoms with E-state index in [0.29, 0.717) is 0 Å². The van der Waals surface area contributed by atoms with Gasteiger partial charge < -0.3 is 14.9 Å². The molecule has 2 aromatic rings. The first kappa shape index (κ1) is 13.0. The van der Waals surface area contributed by atoms with E-state index < -0.39 is 6.10 Å². The lowest BCUT2D eigenvalue weighted by atomic mass is 10.1. The second-order valence-electron chi connectivity index (χ2n) is 5.33. The molecule has 1 N–H and O–H groups in total. The van der Waals surface area contributed by atoms with Crippen LogP contribution in [0.3, 0.4) is 0 Å². The van der Waals surface area contributed by atoms with E-state index >= 15 is 0 Å². The smallest absolute Gasteiger partial charge is 0.0761 e. The van der Waals surface area contributed by atoms with Crippen molar-refractivity contribution in [2.45, 2.75) is 13.0 Å². The summed E-state index contributed by atoms with van der Waals surface area (Å²) in [6.45, 7) is 3.77. The highest BCUT2D eigenvalue weighted by Gasteiger charge is 2.20. The van der Waals surface area contributed by atoms with E-state index in [9.17, 15) is 5.11 Å². The number of fused-ring (bicyclic) bond motifs is 1. The average molecular weight is 268 g/mol. The van der Waals surface area contributed by atoms with E-state index in [4.69, 9.17) is 0 Å². The van der Waals surface area contributed by atoms with Gasteiger partial charge in [-0.25, -0.2) is 0 Å². The van der Waals surface area contributed by atoms with Crippen LogP contribution in [-0.2, 0) is 0 Å². The van der Waals surface area contributed by atoms with Gasteiger partial charge in [0.15, 0.2) is 0 Å². The van der Waals surface area contributed by atoms with E-state index in [1.54, 1.807) is 6.92 Å². The zero-order valence-corrected chi connectivity index (χ0v) is 12.0. The zero-order chi connectivity index (χ0) is 14.1. The third-order valence-electron chi connectivity index (χ3n) is 3.93. The number of aliphatic hydroxyl groups is 1. The fourth-order valence-electron chi connectivity index (χ4n) is 2.71. The Morgan fingerprint density at radius 1 is 0.950 bits per heavy atom. The average Bonchev–Trinajstić information content (AvgIpc) is 2.48. The predicted molar refractivity (Wildman–Crippen MR) is 83.8 cm³/mol. The first-order valence-corrected chi connectivity index (χ1v) is 7.02. The molecular formula is C17H20N2O. The topological polar surface area (TPSA) is 26.7 Å². The van der Waals surface area contributed by atoms with Crippen LogP contribution in [0.1, 0.15) is 18.6 Å². The summed E-state index contributed by atoms with van der Waals surface area (Å²) in [5.41, 5.74) is 4.63. The highest BCUT2D eigenvalue weighted by molar-refractivity contribution is 5.79. The molecule has 0 aliphatic carbocycles. The normalized spacial score (nSPS) is 15.9. The van der Waals surface area contributed by atoms with Crippen LogP contribution >= 0.6 is 0 Å². The molecule has 104 valence electrons. The minimum atomic E-state index is -0.413. The first-order chi connectivity index (χ1) is 9.66. The number of hydrogen-bond acceptors (Lipinski definition) is 3. The lowest BCUT2D eigenvalue weighted by Gasteiger charge is -2.37. The first-order valence-electron chi connectivity index (χ1n) is 7.02. The van der Waals surface area contributed by atoms with Crippen LogP contribution in [0.25, 0.3) is 0 Å². The minimum absolute atomic E-state index is 0.413. The van der Waals surface area contributed by atoms with Crippen LogP contribution in [0, 0.1) is 0 Å². The molecule has 0 spiro atoms. The Hall–Kier alpha value is -2.00. The van der Waals surface area contributed by atoms with Crippen molar-refractivity contribution in [3.63, 3.8) is 0 Å². The second-order valence-corrected chi connectivity index (χ2v) is 5.33. The minimum Gasteiger partial charge on any atom is -0.389 e. The predicted octanol–water partition coefficient (Wildman–Crippen LogP) is 3.33. The Labute approximate surface area is 120 Å². The van der Waals surface area contributed by atoms with E-state index in [2.05, 4.69) is 53.2 Å². The Balaban J connectivity index is 1.97. The molecule has 0 saturated carbocycles. The molecule has 3 heteroatoms. The van der Waals surface area contributed by atoms with Crippen LogP contribution in [0.4, 0.5) is 17.1 Å². The van der Waals surface area contributed by atoms with Gasteiger partial charge in [0, 0.05) is 25.8 Å². The van der Waals surface area contributed by atoms with Crippen molar-refractivity contribution in [3.05, 3.63) is 54.1 Å². The van der Waals surface area contributed by atoms with Gasteiger partial charge in [0.25, 0.3) is 0 Å². The van der Waals surface area contributed by atoms with Crippen LogP contribution in [0.15, 0.2) is 48.5 Å². The molecule has 1 atom stereocenters. The quantitative estimate of drug-likeness (QED) is 0.905. The van der Waals surface area contributed by atoms with Crippen molar-refractivity contribution in [1.82, 2.24) is 0 Å². The van der Waals surface area contributed by atoms with E-state index in [1.165, 1.54) is 17.1 Å². The molecule has 0 saturated heterocycles. The number of benzene rings is 2. The Morgan fingerprint density at radius 2 is 1.60 bits per heavy atom. The standard InChI is InChI=1S/C17H20N2O/c1-13(20)14-7-9-15(10-8-14)19-12-11-18(2)16-5-3-4-6-17(16)19/h3-10,13,20H,11-12H2,1-2H3. The molecule has 0 aromatic heterocycles. The van der Waals surface area contributed by atoms with Crippen molar-refractivity contribution >= 4 is 17.1 Å². The molecule has 3 rings (SSSR count). The number of aliphatic hydroxyl groups excluding tert-OH is 1. The van der Waals surface area contributed by atoms with Gasteiger partial charge in [-0.2, -0.15) is 0 Å². The van der Waals surface area contributed by atoms with E-state index in [0.717, 1.165) is 18.7 Å². The van der Waals surface area contributed by atoms with Crippen LogP contribution in [0.2, 0.25) is 0 Å². The fraction of sp³-hybridized carbons (Fsp3) is 0.294. The molecule has 3 nitrogen and oxygen atoms in total. The summed E-state index contributed by atoms with van der Waals surface area (Å²) in [6, 6.07) is 16.7. The summed E-state index contributed by atoms with van der Waals surface area (Å²) in [6.07, 6.45) is -0.413. The fourth-order valence-corrected chi connectivity index (χ4v) is 2.71. The van der Waals surface area contributed by atoms with Crippen molar-refractivity contribution in [2.24, 2.45) is 0 Å². The highest BCUT2D eigenvalue weighted by Crippen LogP contribution is 2.36. The number of rotatable bonds is 2. The number of anilines is 3. The molecule has 0 fully saturated rings. The van der Waals surface area contributed by atoms with Gasteiger partial charge in [0.2, 0.25) is 0 Å². The number of para-hydroxylation sites is 2. The molecule has 20 heavy (non-hydrogen) atoms. The number of likely N-dealkylation sites (N-methyl/N-ethyl adjacent to an activating group) is 1. The van der Waals surface area contributed by atoms with E-state index in [1.807, 2.05) is 12.1 Å². The lowest BCUT2D eigenvalue weighted by Crippen LogP contribution is -2.36. The van der Waals surface area contributed by atoms with E-state index in [-0.39, 0.29) is 0 Å². The lowest BCUT2D eigenvalue weighted by molar-refractivity contribution is 0.199. The van der Waals surface area contributed by atoms with Crippen molar-refractivity contribution in [1.29, 1.82) is 0 Å². The monoisotopic (exact) mass is 268 g/mol. The molecule has 0 bridgehead atoms. The third-order valence-corrected chi connectivity index (χ3v) is 3.93. The maximum atomic E-state index is 9.60. The Kier molecular flexibility index (Phi) is 3.36. The number of hydrogen-bond donors (Lipinski definition) is 1. The SMILES string of the molecule is CC(O)c1ccc(N2CCN(C)c3ccccc32)cc1. The van der Waals surface area contributed by atoms with Gasteiger partial charge in [0.1, 0.15) is 0 Å². The molecule has 1 aliphatic rings. The number of nitrogens with zero attached hydrogens (tertiary/aromatic N) is 2. The Bertz CT molecular complexity index is 592. The van der Waals surface area contributed by atoms with Crippen molar-refractivity contribution in [2.75, 3.05) is 29.9 Å². The molecular weight excluding hydrogens is 248 g/mol. The van der Waals surface area contributed by atoms with Gasteiger partial charge in [-0.3, -0.25) is 0 Å². The van der Waals surface area contributed by atoms with Crippen LogP contribution in [-0.4, -0.2) is 25.2 Å². The molecule has 2 aromatic carbocycles.